The third kappa shape index (κ3) is 5.50. The molecule has 0 bridgehead atoms. The average Bonchev–Trinajstić information content (AvgIpc) is 2.30. The largest absolute Gasteiger partial charge is 0.339 e. The van der Waals surface area contributed by atoms with Crippen molar-refractivity contribution in [3.05, 3.63) is 0 Å². The van der Waals surface area contributed by atoms with E-state index in [0.29, 0.717) is 12.5 Å². The summed E-state index contributed by atoms with van der Waals surface area (Å²) in [6.45, 7) is 9.63. The lowest BCUT2D eigenvalue weighted by molar-refractivity contribution is -0.132. The topological polar surface area (TPSA) is 35.6 Å². The summed E-state index contributed by atoms with van der Waals surface area (Å²) >= 11 is 0. The summed E-state index contributed by atoms with van der Waals surface area (Å²) in [5.41, 5.74) is 0. The van der Waals surface area contributed by atoms with Crippen LogP contribution < -0.4 is 5.32 Å². The lowest BCUT2D eigenvalue weighted by Crippen LogP contribution is -2.49. The van der Waals surface area contributed by atoms with E-state index in [0.717, 1.165) is 32.7 Å². The van der Waals surface area contributed by atoms with Gasteiger partial charge in [-0.05, 0) is 19.4 Å². The number of likely N-dealkylation sites (N-methyl/N-ethyl adjacent to an activating group) is 1. The van der Waals surface area contributed by atoms with Gasteiger partial charge in [0.2, 0.25) is 5.91 Å². The summed E-state index contributed by atoms with van der Waals surface area (Å²) < 4.78 is 0. The number of amides is 1. The number of nitrogens with zero attached hydrogens (tertiary/aromatic N) is 2. The number of carbonyl (C=O) groups is 1. The SMILES string of the molecule is CCCC(C)CN(C)CC(=O)N1CCNCC1. The van der Waals surface area contributed by atoms with Crippen LogP contribution in [0.15, 0.2) is 0 Å². The van der Waals surface area contributed by atoms with Crippen LogP contribution in [0.3, 0.4) is 0 Å². The number of rotatable bonds is 6. The number of hydrogen-bond acceptors (Lipinski definition) is 3. The minimum absolute atomic E-state index is 0.276. The lowest BCUT2D eigenvalue weighted by Gasteiger charge is -2.29. The predicted octanol–water partition coefficient (Wildman–Crippen LogP) is 0.786. The highest BCUT2D eigenvalue weighted by molar-refractivity contribution is 5.78. The Morgan fingerprint density at radius 1 is 1.41 bits per heavy atom. The number of carbonyl (C=O) groups excluding carboxylic acids is 1. The zero-order chi connectivity index (χ0) is 12.7. The molecule has 17 heavy (non-hydrogen) atoms. The fourth-order valence-corrected chi connectivity index (χ4v) is 2.43. The first-order valence-corrected chi connectivity index (χ1v) is 6.80. The summed E-state index contributed by atoms with van der Waals surface area (Å²) in [4.78, 5) is 16.1. The van der Waals surface area contributed by atoms with Crippen molar-refractivity contribution >= 4 is 5.91 Å². The second-order valence-corrected chi connectivity index (χ2v) is 5.22. The maximum Gasteiger partial charge on any atom is 0.236 e. The van der Waals surface area contributed by atoms with Gasteiger partial charge in [0.25, 0.3) is 0 Å². The maximum atomic E-state index is 12.0. The fourth-order valence-electron chi connectivity index (χ4n) is 2.43. The van der Waals surface area contributed by atoms with E-state index in [1.165, 1.54) is 12.8 Å². The zero-order valence-corrected chi connectivity index (χ0v) is 11.5. The molecule has 0 saturated carbocycles. The Morgan fingerprint density at radius 2 is 2.06 bits per heavy atom. The van der Waals surface area contributed by atoms with Gasteiger partial charge in [-0.1, -0.05) is 20.3 Å². The van der Waals surface area contributed by atoms with Crippen LogP contribution in [0, 0.1) is 5.92 Å². The Balaban J connectivity index is 2.24. The fraction of sp³-hybridized carbons (Fsp3) is 0.923. The standard InChI is InChI=1S/C13H27N3O/c1-4-5-12(2)10-15(3)11-13(17)16-8-6-14-7-9-16/h12,14H,4-11H2,1-3H3. The minimum atomic E-state index is 0.276. The number of hydrogen-bond donors (Lipinski definition) is 1. The van der Waals surface area contributed by atoms with Gasteiger partial charge in [0.1, 0.15) is 0 Å². The summed E-state index contributed by atoms with van der Waals surface area (Å²) in [5.74, 6) is 0.957. The van der Waals surface area contributed by atoms with E-state index in [2.05, 4.69) is 24.1 Å². The predicted molar refractivity (Wildman–Crippen MR) is 71.0 cm³/mol. The highest BCUT2D eigenvalue weighted by atomic mass is 16.2. The van der Waals surface area contributed by atoms with Crippen molar-refractivity contribution in [3.8, 4) is 0 Å². The molecule has 1 aliphatic heterocycles. The minimum Gasteiger partial charge on any atom is -0.339 e. The molecule has 1 rings (SSSR count). The average molecular weight is 241 g/mol. The summed E-state index contributed by atoms with van der Waals surface area (Å²) in [5, 5.41) is 3.26. The van der Waals surface area contributed by atoms with Gasteiger partial charge in [0.05, 0.1) is 6.54 Å². The molecule has 0 aliphatic carbocycles. The summed E-state index contributed by atoms with van der Waals surface area (Å²) in [6.07, 6.45) is 2.47. The highest BCUT2D eigenvalue weighted by Crippen LogP contribution is 2.06. The molecule has 1 atom stereocenters. The Hall–Kier alpha value is -0.610. The van der Waals surface area contributed by atoms with Crippen LogP contribution in [0.5, 0.6) is 0 Å². The van der Waals surface area contributed by atoms with Crippen LogP contribution in [0.1, 0.15) is 26.7 Å². The molecular weight excluding hydrogens is 214 g/mol. The third-order valence-electron chi connectivity index (χ3n) is 3.28. The smallest absolute Gasteiger partial charge is 0.236 e. The van der Waals surface area contributed by atoms with Gasteiger partial charge in [0.15, 0.2) is 0 Å². The molecule has 4 nitrogen and oxygen atoms in total. The van der Waals surface area contributed by atoms with Gasteiger partial charge in [-0.15, -0.1) is 0 Å². The zero-order valence-electron chi connectivity index (χ0n) is 11.5. The van der Waals surface area contributed by atoms with E-state index < -0.39 is 0 Å². The van der Waals surface area contributed by atoms with E-state index in [9.17, 15) is 4.79 Å². The van der Waals surface area contributed by atoms with Crippen molar-refractivity contribution in [2.75, 3.05) is 46.3 Å². The van der Waals surface area contributed by atoms with Gasteiger partial charge in [-0.2, -0.15) is 0 Å². The molecule has 1 unspecified atom stereocenters. The Labute approximate surface area is 105 Å². The molecule has 0 spiro atoms. The quantitative estimate of drug-likeness (QED) is 0.747. The first kappa shape index (κ1) is 14.5. The van der Waals surface area contributed by atoms with Crippen molar-refractivity contribution in [1.82, 2.24) is 15.1 Å². The molecule has 1 aliphatic rings. The molecule has 1 amide bonds. The monoisotopic (exact) mass is 241 g/mol. The van der Waals surface area contributed by atoms with Crippen molar-refractivity contribution in [2.45, 2.75) is 26.7 Å². The lowest BCUT2D eigenvalue weighted by atomic mass is 10.1. The van der Waals surface area contributed by atoms with E-state index in [-0.39, 0.29) is 5.91 Å². The molecule has 100 valence electrons. The third-order valence-corrected chi connectivity index (χ3v) is 3.28. The molecule has 4 heteroatoms. The second-order valence-electron chi connectivity index (χ2n) is 5.22. The maximum absolute atomic E-state index is 12.0. The van der Waals surface area contributed by atoms with Crippen LogP contribution in [0.2, 0.25) is 0 Å². The first-order chi connectivity index (χ1) is 8.13. The first-order valence-electron chi connectivity index (χ1n) is 6.80. The molecular formula is C13H27N3O. The number of nitrogens with one attached hydrogen (secondary N) is 1. The number of piperazine rings is 1. The van der Waals surface area contributed by atoms with Crippen molar-refractivity contribution in [2.24, 2.45) is 5.92 Å². The Kier molecular flexibility index (Phi) is 6.52. The van der Waals surface area contributed by atoms with Crippen LogP contribution >= 0.6 is 0 Å². The van der Waals surface area contributed by atoms with E-state index in [4.69, 9.17) is 0 Å². The molecule has 0 radical (unpaired) electrons. The van der Waals surface area contributed by atoms with Gasteiger partial charge in [-0.3, -0.25) is 9.69 Å². The van der Waals surface area contributed by atoms with E-state index in [1.807, 2.05) is 11.9 Å². The van der Waals surface area contributed by atoms with Crippen molar-refractivity contribution in [1.29, 1.82) is 0 Å². The molecule has 1 N–H and O–H groups in total. The molecule has 0 aromatic rings. The van der Waals surface area contributed by atoms with Gasteiger partial charge in [-0.25, -0.2) is 0 Å². The van der Waals surface area contributed by atoms with Crippen LogP contribution in [-0.4, -0.2) is 62.0 Å². The van der Waals surface area contributed by atoms with Crippen molar-refractivity contribution in [3.63, 3.8) is 0 Å². The van der Waals surface area contributed by atoms with Gasteiger partial charge >= 0.3 is 0 Å². The molecule has 1 heterocycles. The summed E-state index contributed by atoms with van der Waals surface area (Å²) in [7, 11) is 2.05. The Morgan fingerprint density at radius 3 is 2.65 bits per heavy atom. The van der Waals surface area contributed by atoms with Crippen LogP contribution in [0.4, 0.5) is 0 Å². The van der Waals surface area contributed by atoms with Crippen molar-refractivity contribution < 1.29 is 4.79 Å². The highest BCUT2D eigenvalue weighted by Gasteiger charge is 2.18. The van der Waals surface area contributed by atoms with Gasteiger partial charge in [0, 0.05) is 32.7 Å². The molecule has 1 saturated heterocycles. The molecule has 0 aromatic carbocycles. The Bertz CT molecular complexity index is 227. The normalized spacial score (nSPS) is 18.5. The molecule has 0 aromatic heterocycles. The van der Waals surface area contributed by atoms with Crippen LogP contribution in [-0.2, 0) is 4.79 Å². The van der Waals surface area contributed by atoms with E-state index >= 15 is 0 Å². The van der Waals surface area contributed by atoms with Crippen LogP contribution in [0.25, 0.3) is 0 Å². The summed E-state index contributed by atoms with van der Waals surface area (Å²) in [6, 6.07) is 0. The van der Waals surface area contributed by atoms with E-state index in [1.54, 1.807) is 0 Å². The molecule has 1 fully saturated rings. The second kappa shape index (κ2) is 7.67. The van der Waals surface area contributed by atoms with Gasteiger partial charge < -0.3 is 10.2 Å².